The molecule has 0 fully saturated rings. The number of hydrogen-bond acceptors (Lipinski definition) is 2. The fourth-order valence-electron chi connectivity index (χ4n) is 2.45. The molecule has 0 bridgehead atoms. The Balaban J connectivity index is 2.51. The lowest BCUT2D eigenvalue weighted by atomic mass is 9.85. The van der Waals surface area contributed by atoms with Crippen molar-refractivity contribution < 1.29 is 0 Å². The second kappa shape index (κ2) is 6.93. The van der Waals surface area contributed by atoms with Crippen molar-refractivity contribution in [1.82, 2.24) is 15.1 Å². The van der Waals surface area contributed by atoms with Crippen molar-refractivity contribution in [3.8, 4) is 0 Å². The second-order valence-electron chi connectivity index (χ2n) is 5.91. The predicted octanol–water partition coefficient (Wildman–Crippen LogP) is 3.48. The van der Waals surface area contributed by atoms with Crippen molar-refractivity contribution in [3.63, 3.8) is 0 Å². The lowest BCUT2D eigenvalue weighted by Gasteiger charge is -2.26. The molecule has 1 aromatic heterocycles. The fraction of sp³-hybridized carbons (Fsp3) is 0.800. The first-order valence-electron chi connectivity index (χ1n) is 7.21. The van der Waals surface area contributed by atoms with E-state index in [0.717, 1.165) is 30.8 Å². The van der Waals surface area contributed by atoms with E-state index in [4.69, 9.17) is 0 Å². The Kier molecular flexibility index (Phi) is 5.86. The molecule has 0 aliphatic heterocycles. The van der Waals surface area contributed by atoms with Gasteiger partial charge in [-0.1, -0.05) is 27.7 Å². The molecule has 3 nitrogen and oxygen atoms in total. The summed E-state index contributed by atoms with van der Waals surface area (Å²) in [4.78, 5) is 0. The Morgan fingerprint density at radius 2 is 1.78 bits per heavy atom. The van der Waals surface area contributed by atoms with Gasteiger partial charge in [-0.15, -0.1) is 0 Å². The van der Waals surface area contributed by atoms with E-state index >= 15 is 0 Å². The molecule has 1 atom stereocenters. The lowest BCUT2D eigenvalue weighted by molar-refractivity contribution is 0.268. The summed E-state index contributed by atoms with van der Waals surface area (Å²) in [6.45, 7) is 15.6. The van der Waals surface area contributed by atoms with Crippen molar-refractivity contribution in [2.45, 2.75) is 54.1 Å². The monoisotopic (exact) mass is 251 g/mol. The van der Waals surface area contributed by atoms with Gasteiger partial charge in [-0.3, -0.25) is 4.68 Å². The first kappa shape index (κ1) is 15.2. The third-order valence-electron chi connectivity index (χ3n) is 3.85. The van der Waals surface area contributed by atoms with Crippen LogP contribution in [0, 0.1) is 17.8 Å². The molecule has 0 spiro atoms. The number of aryl methyl sites for hydroxylation is 1. The van der Waals surface area contributed by atoms with Crippen molar-refractivity contribution in [2.75, 3.05) is 6.54 Å². The largest absolute Gasteiger partial charge is 0.310 e. The Bertz CT molecular complexity index is 333. The Labute approximate surface area is 112 Å². The average molecular weight is 251 g/mol. The summed E-state index contributed by atoms with van der Waals surface area (Å²) in [6.07, 6.45) is 4.11. The van der Waals surface area contributed by atoms with E-state index in [1.54, 1.807) is 0 Å². The molecule has 0 radical (unpaired) electrons. The van der Waals surface area contributed by atoms with Gasteiger partial charge < -0.3 is 5.32 Å². The van der Waals surface area contributed by atoms with Gasteiger partial charge in [-0.05, 0) is 38.1 Å². The van der Waals surface area contributed by atoms with E-state index in [1.807, 2.05) is 10.9 Å². The zero-order valence-electron chi connectivity index (χ0n) is 12.8. The van der Waals surface area contributed by atoms with E-state index < -0.39 is 0 Å². The van der Waals surface area contributed by atoms with E-state index in [-0.39, 0.29) is 0 Å². The summed E-state index contributed by atoms with van der Waals surface area (Å²) in [5, 5.41) is 7.98. The molecule has 3 heteroatoms. The molecule has 104 valence electrons. The van der Waals surface area contributed by atoms with Crippen molar-refractivity contribution in [1.29, 1.82) is 0 Å². The molecular weight excluding hydrogens is 222 g/mol. The zero-order valence-corrected chi connectivity index (χ0v) is 12.8. The van der Waals surface area contributed by atoms with Crippen LogP contribution in [-0.2, 0) is 6.54 Å². The maximum absolute atomic E-state index is 4.33. The molecule has 0 amide bonds. The molecule has 18 heavy (non-hydrogen) atoms. The summed E-state index contributed by atoms with van der Waals surface area (Å²) < 4.78 is 1.98. The number of aromatic nitrogens is 2. The summed E-state index contributed by atoms with van der Waals surface area (Å²) in [5.41, 5.74) is 1.28. The highest BCUT2D eigenvalue weighted by Crippen LogP contribution is 2.21. The van der Waals surface area contributed by atoms with Crippen LogP contribution in [0.25, 0.3) is 0 Å². The summed E-state index contributed by atoms with van der Waals surface area (Å²) in [6, 6.07) is 0.380. The smallest absolute Gasteiger partial charge is 0.0537 e. The minimum atomic E-state index is 0.380. The topological polar surface area (TPSA) is 29.9 Å². The molecule has 1 unspecified atom stereocenters. The van der Waals surface area contributed by atoms with E-state index in [9.17, 15) is 0 Å². The van der Waals surface area contributed by atoms with Crippen LogP contribution in [0.15, 0.2) is 12.4 Å². The van der Waals surface area contributed by atoms with Gasteiger partial charge in [-0.2, -0.15) is 5.10 Å². The number of rotatable bonds is 7. The minimum absolute atomic E-state index is 0.380. The maximum atomic E-state index is 4.33. The van der Waals surface area contributed by atoms with Gasteiger partial charge in [0.1, 0.15) is 0 Å². The van der Waals surface area contributed by atoms with E-state index in [0.29, 0.717) is 6.04 Å². The van der Waals surface area contributed by atoms with Gasteiger partial charge >= 0.3 is 0 Å². The third kappa shape index (κ3) is 4.13. The van der Waals surface area contributed by atoms with Gasteiger partial charge in [0.05, 0.1) is 6.20 Å². The second-order valence-corrected chi connectivity index (χ2v) is 5.91. The van der Waals surface area contributed by atoms with Crippen LogP contribution in [0.4, 0.5) is 0 Å². The van der Waals surface area contributed by atoms with Crippen LogP contribution in [0.2, 0.25) is 0 Å². The lowest BCUT2D eigenvalue weighted by Crippen LogP contribution is -2.31. The van der Waals surface area contributed by atoms with E-state index in [1.165, 1.54) is 5.56 Å². The van der Waals surface area contributed by atoms with Gasteiger partial charge in [0.2, 0.25) is 0 Å². The van der Waals surface area contributed by atoms with Gasteiger partial charge in [0, 0.05) is 24.3 Å². The number of hydrogen-bond donors (Lipinski definition) is 1. The average Bonchev–Trinajstić information content (AvgIpc) is 2.76. The predicted molar refractivity (Wildman–Crippen MR) is 77.5 cm³/mol. The number of nitrogens with one attached hydrogen (secondary N) is 1. The van der Waals surface area contributed by atoms with Gasteiger partial charge in [0.25, 0.3) is 0 Å². The van der Waals surface area contributed by atoms with Gasteiger partial charge in [0.15, 0.2) is 0 Å². The quantitative estimate of drug-likeness (QED) is 0.804. The summed E-state index contributed by atoms with van der Waals surface area (Å²) in [5.74, 6) is 2.18. The Morgan fingerprint density at radius 3 is 2.22 bits per heavy atom. The molecule has 1 rings (SSSR count). The first-order chi connectivity index (χ1) is 8.45. The zero-order chi connectivity index (χ0) is 13.7. The highest BCUT2D eigenvalue weighted by atomic mass is 15.3. The van der Waals surface area contributed by atoms with Crippen LogP contribution in [0.1, 0.15) is 53.1 Å². The van der Waals surface area contributed by atoms with Crippen LogP contribution in [-0.4, -0.2) is 16.3 Å². The van der Waals surface area contributed by atoms with Crippen LogP contribution >= 0.6 is 0 Å². The summed E-state index contributed by atoms with van der Waals surface area (Å²) >= 11 is 0. The maximum Gasteiger partial charge on any atom is 0.0537 e. The van der Waals surface area contributed by atoms with Crippen LogP contribution in [0.3, 0.4) is 0 Å². The first-order valence-corrected chi connectivity index (χ1v) is 7.21. The third-order valence-corrected chi connectivity index (χ3v) is 3.85. The Hall–Kier alpha value is -0.830. The molecule has 1 heterocycles. The standard InChI is InChI=1S/C15H29N3/c1-7-18-10-14(8-17-18)13(6)16-9-15(11(2)3)12(4)5/h8,10-13,15-16H,7,9H2,1-6H3. The molecule has 0 saturated heterocycles. The highest BCUT2D eigenvalue weighted by molar-refractivity contribution is 5.09. The van der Waals surface area contributed by atoms with Crippen molar-refractivity contribution in [3.05, 3.63) is 18.0 Å². The molecule has 0 aliphatic carbocycles. The molecule has 1 N–H and O–H groups in total. The SMILES string of the molecule is CCn1cc(C(C)NCC(C(C)C)C(C)C)cn1. The minimum Gasteiger partial charge on any atom is -0.310 e. The van der Waals surface area contributed by atoms with Gasteiger partial charge in [-0.25, -0.2) is 0 Å². The van der Waals surface area contributed by atoms with E-state index in [2.05, 4.69) is 58.2 Å². The molecule has 0 saturated carbocycles. The number of nitrogens with zero attached hydrogens (tertiary/aromatic N) is 2. The van der Waals surface area contributed by atoms with Crippen LogP contribution < -0.4 is 5.32 Å². The van der Waals surface area contributed by atoms with Crippen LogP contribution in [0.5, 0.6) is 0 Å². The van der Waals surface area contributed by atoms with Crippen molar-refractivity contribution in [2.24, 2.45) is 17.8 Å². The molecule has 1 aromatic rings. The molecular formula is C15H29N3. The Morgan fingerprint density at radius 1 is 1.17 bits per heavy atom. The highest BCUT2D eigenvalue weighted by Gasteiger charge is 2.18. The van der Waals surface area contributed by atoms with Crippen molar-refractivity contribution >= 4 is 0 Å². The normalized spacial score (nSPS) is 13.8. The molecule has 0 aliphatic rings. The summed E-state index contributed by atoms with van der Waals surface area (Å²) in [7, 11) is 0. The fourth-order valence-corrected chi connectivity index (χ4v) is 2.45. The molecule has 0 aromatic carbocycles.